The van der Waals surface area contributed by atoms with Crippen molar-refractivity contribution in [3.63, 3.8) is 0 Å². The van der Waals surface area contributed by atoms with Gasteiger partial charge in [0.15, 0.2) is 5.75 Å². The molecule has 0 radical (unpaired) electrons. The molecule has 0 unspecified atom stereocenters. The molecular formula is C26H18FNO4S. The summed E-state index contributed by atoms with van der Waals surface area (Å²) in [7, 11) is 0. The highest BCUT2D eigenvalue weighted by molar-refractivity contribution is 7.22. The lowest BCUT2D eigenvalue weighted by Gasteiger charge is -2.10. The maximum absolute atomic E-state index is 13.7. The van der Waals surface area contributed by atoms with Crippen LogP contribution in [0.1, 0.15) is 11.1 Å². The largest absolute Gasteiger partial charge is 0.508 e. The van der Waals surface area contributed by atoms with Crippen molar-refractivity contribution in [3.05, 3.63) is 83.7 Å². The average Bonchev–Trinajstić information content (AvgIpc) is 3.36. The Morgan fingerprint density at radius 3 is 2.64 bits per heavy atom. The molecule has 3 aromatic carbocycles. The first kappa shape index (κ1) is 20.9. The third-order valence-corrected chi connectivity index (χ3v) is 6.33. The normalized spacial score (nSPS) is 13.5. The summed E-state index contributed by atoms with van der Waals surface area (Å²) in [5.41, 5.74) is 2.56. The Labute approximate surface area is 193 Å². The summed E-state index contributed by atoms with van der Waals surface area (Å²) in [6, 6.07) is 17.2. The molecule has 5 rings (SSSR count). The van der Waals surface area contributed by atoms with E-state index in [1.165, 1.54) is 23.5 Å². The highest BCUT2D eigenvalue weighted by atomic mass is 32.1. The summed E-state index contributed by atoms with van der Waals surface area (Å²) in [6.07, 6.45) is 3.45. The van der Waals surface area contributed by atoms with Crippen LogP contribution in [0.2, 0.25) is 0 Å². The molecular weight excluding hydrogens is 441 g/mol. The van der Waals surface area contributed by atoms with Gasteiger partial charge in [-0.15, -0.1) is 11.3 Å². The molecule has 7 heteroatoms. The second-order valence-corrected chi connectivity index (χ2v) is 8.59. The van der Waals surface area contributed by atoms with Gasteiger partial charge in [-0.3, -0.25) is 0 Å². The number of aryl methyl sites for hydroxylation is 1. The standard InChI is InChI=1S/C26H18FNO4S/c1-15-12-17(27)5-9-20(15)26-25(21-10-6-18(29)13-22(21)33-26)31-19-7-2-16(3-8-19)4-11-23-28-14-24(30)32-23/h2-13,29H,14H2,1H3/b11-4+. The van der Waals surface area contributed by atoms with Crippen LogP contribution in [0.15, 0.2) is 71.7 Å². The SMILES string of the molecule is Cc1cc(F)ccc1-c1sc2cc(O)ccc2c1Oc1ccc(/C=C/C2=NCC(=O)O2)cc1. The van der Waals surface area contributed by atoms with Crippen LogP contribution in [0.4, 0.5) is 4.39 Å². The first-order valence-corrected chi connectivity index (χ1v) is 11.0. The Balaban J connectivity index is 1.48. The van der Waals surface area contributed by atoms with Crippen LogP contribution < -0.4 is 4.74 Å². The van der Waals surface area contributed by atoms with Crippen molar-refractivity contribution >= 4 is 39.4 Å². The first-order chi connectivity index (χ1) is 16.0. The van der Waals surface area contributed by atoms with E-state index < -0.39 is 0 Å². The average molecular weight is 459 g/mol. The summed E-state index contributed by atoms with van der Waals surface area (Å²) in [6.45, 7) is 1.91. The van der Waals surface area contributed by atoms with Crippen molar-refractivity contribution in [2.24, 2.45) is 4.99 Å². The molecule has 0 atom stereocenters. The molecule has 0 saturated heterocycles. The van der Waals surface area contributed by atoms with Gasteiger partial charge in [-0.25, -0.2) is 14.2 Å². The molecule has 0 bridgehead atoms. The fourth-order valence-corrected chi connectivity index (χ4v) is 4.82. The minimum absolute atomic E-state index is 0.0503. The maximum Gasteiger partial charge on any atom is 0.334 e. The molecule has 1 N–H and O–H groups in total. The minimum atomic E-state index is -0.359. The number of carbonyl (C=O) groups excluding carboxylic acids is 1. The molecule has 33 heavy (non-hydrogen) atoms. The number of carbonyl (C=O) groups is 1. The number of phenolic OH excluding ortho intramolecular Hbond substituents is 1. The molecule has 0 aliphatic carbocycles. The monoisotopic (exact) mass is 459 g/mol. The van der Waals surface area contributed by atoms with Gasteiger partial charge in [0.1, 0.15) is 23.9 Å². The number of ether oxygens (including phenoxy) is 2. The Bertz CT molecular complexity index is 1440. The number of phenols is 1. The van der Waals surface area contributed by atoms with Gasteiger partial charge in [-0.05, 0) is 72.2 Å². The number of cyclic esters (lactones) is 1. The van der Waals surface area contributed by atoms with Crippen LogP contribution >= 0.6 is 11.3 Å². The van der Waals surface area contributed by atoms with Crippen LogP contribution in [-0.4, -0.2) is 23.5 Å². The van der Waals surface area contributed by atoms with Gasteiger partial charge in [0.05, 0.1) is 4.88 Å². The highest BCUT2D eigenvalue weighted by Gasteiger charge is 2.19. The first-order valence-electron chi connectivity index (χ1n) is 10.2. The third-order valence-electron chi connectivity index (χ3n) is 5.16. The summed E-state index contributed by atoms with van der Waals surface area (Å²) >= 11 is 1.48. The Morgan fingerprint density at radius 1 is 1.09 bits per heavy atom. The molecule has 1 aliphatic heterocycles. The van der Waals surface area contributed by atoms with Gasteiger partial charge in [-0.1, -0.05) is 18.2 Å². The molecule has 1 aromatic heterocycles. The molecule has 4 aromatic rings. The molecule has 0 saturated carbocycles. The van der Waals surface area contributed by atoms with Crippen molar-refractivity contribution in [1.82, 2.24) is 0 Å². The number of hydrogen-bond acceptors (Lipinski definition) is 6. The second kappa shape index (κ2) is 8.52. The van der Waals surface area contributed by atoms with Gasteiger partial charge in [0.2, 0.25) is 5.90 Å². The van der Waals surface area contributed by atoms with Crippen LogP contribution in [0.3, 0.4) is 0 Å². The van der Waals surface area contributed by atoms with E-state index in [9.17, 15) is 14.3 Å². The van der Waals surface area contributed by atoms with Crippen molar-refractivity contribution in [2.75, 3.05) is 6.54 Å². The van der Waals surface area contributed by atoms with E-state index in [-0.39, 0.29) is 24.1 Å². The lowest BCUT2D eigenvalue weighted by molar-refractivity contribution is -0.132. The molecule has 0 amide bonds. The lowest BCUT2D eigenvalue weighted by Crippen LogP contribution is -2.01. The number of nitrogens with zero attached hydrogens (tertiary/aromatic N) is 1. The molecule has 0 fully saturated rings. The zero-order valence-corrected chi connectivity index (χ0v) is 18.4. The van der Waals surface area contributed by atoms with E-state index in [1.807, 2.05) is 37.3 Å². The number of esters is 1. The van der Waals surface area contributed by atoms with Crippen LogP contribution in [0.25, 0.3) is 26.6 Å². The number of hydrogen-bond donors (Lipinski definition) is 1. The van der Waals surface area contributed by atoms with Gasteiger partial charge >= 0.3 is 5.97 Å². The van der Waals surface area contributed by atoms with Crippen molar-refractivity contribution in [3.8, 4) is 27.7 Å². The summed E-state index contributed by atoms with van der Waals surface area (Å²) in [5, 5.41) is 10.8. The second-order valence-electron chi connectivity index (χ2n) is 7.53. The lowest BCUT2D eigenvalue weighted by atomic mass is 10.1. The van der Waals surface area contributed by atoms with Gasteiger partial charge < -0.3 is 14.6 Å². The zero-order valence-electron chi connectivity index (χ0n) is 17.5. The third kappa shape index (κ3) is 4.36. The predicted octanol–water partition coefficient (Wildman–Crippen LogP) is 6.48. The smallest absolute Gasteiger partial charge is 0.334 e. The van der Waals surface area contributed by atoms with Gasteiger partial charge in [0, 0.05) is 16.2 Å². The van der Waals surface area contributed by atoms with Crippen LogP contribution in [-0.2, 0) is 9.53 Å². The fraction of sp³-hybridized carbons (Fsp3) is 0.0769. The summed E-state index contributed by atoms with van der Waals surface area (Å²) in [4.78, 5) is 16.0. The van der Waals surface area contributed by atoms with E-state index in [0.717, 1.165) is 31.7 Å². The summed E-state index contributed by atoms with van der Waals surface area (Å²) in [5.74, 6) is 1.10. The maximum atomic E-state index is 13.7. The predicted molar refractivity (Wildman–Crippen MR) is 128 cm³/mol. The highest BCUT2D eigenvalue weighted by Crippen LogP contribution is 2.47. The van der Waals surface area contributed by atoms with E-state index in [4.69, 9.17) is 9.47 Å². The van der Waals surface area contributed by atoms with Crippen molar-refractivity contribution < 1.29 is 23.8 Å². The van der Waals surface area contributed by atoms with E-state index in [0.29, 0.717) is 17.4 Å². The molecule has 5 nitrogen and oxygen atoms in total. The molecule has 0 spiro atoms. The van der Waals surface area contributed by atoms with Crippen LogP contribution in [0, 0.1) is 12.7 Å². The van der Waals surface area contributed by atoms with Crippen LogP contribution in [0.5, 0.6) is 17.2 Å². The van der Waals surface area contributed by atoms with Gasteiger partial charge in [-0.2, -0.15) is 0 Å². The van der Waals surface area contributed by atoms with E-state index >= 15 is 0 Å². The zero-order chi connectivity index (χ0) is 22.9. The van der Waals surface area contributed by atoms with E-state index in [2.05, 4.69) is 4.99 Å². The Kier molecular flexibility index (Phi) is 5.40. The topological polar surface area (TPSA) is 68.1 Å². The Hall–Kier alpha value is -3.97. The molecule has 2 heterocycles. The van der Waals surface area contributed by atoms with Crippen molar-refractivity contribution in [2.45, 2.75) is 6.92 Å². The van der Waals surface area contributed by atoms with Crippen molar-refractivity contribution in [1.29, 1.82) is 0 Å². The quantitative estimate of drug-likeness (QED) is 0.347. The number of aliphatic imine (C=N–C) groups is 1. The number of benzene rings is 3. The number of thiophene rings is 1. The molecule has 1 aliphatic rings. The van der Waals surface area contributed by atoms with E-state index in [1.54, 1.807) is 30.4 Å². The summed E-state index contributed by atoms with van der Waals surface area (Å²) < 4.78 is 25.8. The van der Waals surface area contributed by atoms with Gasteiger partial charge in [0.25, 0.3) is 0 Å². The number of halogens is 1. The number of aromatic hydroxyl groups is 1. The number of rotatable bonds is 5. The number of fused-ring (bicyclic) bond motifs is 1. The fourth-order valence-electron chi connectivity index (χ4n) is 3.56. The molecule has 164 valence electrons. The Morgan fingerprint density at radius 2 is 1.91 bits per heavy atom. The minimum Gasteiger partial charge on any atom is -0.508 e.